The molecule has 24 heavy (non-hydrogen) atoms. The number of hydrogen-bond donors (Lipinski definition) is 0. The Balaban J connectivity index is 1.94. The molecule has 3 aromatic heterocycles. The summed E-state index contributed by atoms with van der Waals surface area (Å²) in [5.41, 5.74) is -0.223. The minimum absolute atomic E-state index is 0.116. The van der Waals surface area contributed by atoms with E-state index in [9.17, 15) is 13.2 Å². The van der Waals surface area contributed by atoms with Crippen molar-refractivity contribution in [2.24, 2.45) is 0 Å². The quantitative estimate of drug-likeness (QED) is 0.678. The molecule has 124 valence electrons. The second-order valence-electron chi connectivity index (χ2n) is 5.08. The number of anilines is 1. The van der Waals surface area contributed by atoms with Crippen molar-refractivity contribution in [3.05, 3.63) is 36.0 Å². The van der Waals surface area contributed by atoms with Gasteiger partial charge in [-0.25, -0.2) is 4.98 Å². The van der Waals surface area contributed by atoms with E-state index in [1.54, 1.807) is 29.0 Å². The Bertz CT molecular complexity index is 903. The maximum Gasteiger partial charge on any atom is 0.433 e. The van der Waals surface area contributed by atoms with Gasteiger partial charge in [-0.05, 0) is 0 Å². The third kappa shape index (κ3) is 3.01. The molecule has 3 rings (SSSR count). The van der Waals surface area contributed by atoms with E-state index < -0.39 is 11.9 Å². The Morgan fingerprint density at radius 3 is 2.83 bits per heavy atom. The molecule has 0 spiro atoms. The molecule has 0 atom stereocenters. The lowest BCUT2D eigenvalue weighted by molar-refractivity contribution is -0.141. The van der Waals surface area contributed by atoms with Gasteiger partial charge >= 0.3 is 6.18 Å². The Morgan fingerprint density at radius 2 is 2.12 bits per heavy atom. The van der Waals surface area contributed by atoms with Gasteiger partial charge in [-0.3, -0.25) is 4.68 Å². The number of alkyl halides is 3. The van der Waals surface area contributed by atoms with E-state index in [1.807, 2.05) is 0 Å². The van der Waals surface area contributed by atoms with Crippen molar-refractivity contribution in [2.45, 2.75) is 19.3 Å². The van der Waals surface area contributed by atoms with E-state index in [-0.39, 0.29) is 11.6 Å². The first-order valence-electron chi connectivity index (χ1n) is 6.82. The maximum atomic E-state index is 13.0. The van der Waals surface area contributed by atoms with E-state index in [1.165, 1.54) is 4.52 Å². The van der Waals surface area contributed by atoms with Crippen molar-refractivity contribution in [3.8, 4) is 12.3 Å². The van der Waals surface area contributed by atoms with Gasteiger partial charge in [0.2, 0.25) is 0 Å². The van der Waals surface area contributed by atoms with Crippen LogP contribution in [0.3, 0.4) is 0 Å². The number of fused-ring (bicyclic) bond motifs is 1. The summed E-state index contributed by atoms with van der Waals surface area (Å²) in [6.45, 7) is 0.644. The molecule has 0 radical (unpaired) electrons. The fourth-order valence-corrected chi connectivity index (χ4v) is 2.24. The van der Waals surface area contributed by atoms with Crippen LogP contribution in [0.1, 0.15) is 11.3 Å². The van der Waals surface area contributed by atoms with Gasteiger partial charge in [0, 0.05) is 31.4 Å². The van der Waals surface area contributed by atoms with E-state index in [0.717, 1.165) is 18.0 Å². The van der Waals surface area contributed by atoms with Gasteiger partial charge in [0.1, 0.15) is 18.7 Å². The largest absolute Gasteiger partial charge is 0.433 e. The van der Waals surface area contributed by atoms with Crippen molar-refractivity contribution >= 4 is 11.6 Å². The molecule has 0 amide bonds. The fourth-order valence-electron chi connectivity index (χ4n) is 2.24. The van der Waals surface area contributed by atoms with Crippen LogP contribution in [0.4, 0.5) is 19.0 Å². The summed E-state index contributed by atoms with van der Waals surface area (Å²) in [7, 11) is 1.65. The Kier molecular flexibility index (Phi) is 3.84. The van der Waals surface area contributed by atoms with Gasteiger partial charge in [-0.15, -0.1) is 6.42 Å². The van der Waals surface area contributed by atoms with Gasteiger partial charge in [0.25, 0.3) is 5.78 Å². The van der Waals surface area contributed by atoms with Crippen LogP contribution in [0.25, 0.3) is 5.78 Å². The molecule has 0 aliphatic carbocycles. The first-order chi connectivity index (χ1) is 11.4. The Hall–Kier alpha value is -3.09. The Labute approximate surface area is 134 Å². The average molecular weight is 335 g/mol. The van der Waals surface area contributed by atoms with Crippen LogP contribution < -0.4 is 4.90 Å². The van der Waals surface area contributed by atoms with E-state index >= 15 is 0 Å². The molecule has 0 aliphatic heterocycles. The zero-order chi connectivity index (χ0) is 17.3. The smallest absolute Gasteiger partial charge is 0.355 e. The minimum atomic E-state index is -4.57. The highest BCUT2D eigenvalue weighted by Crippen LogP contribution is 2.30. The normalized spacial score (nSPS) is 11.6. The molecule has 0 bridgehead atoms. The predicted molar refractivity (Wildman–Crippen MR) is 79.0 cm³/mol. The number of halogens is 3. The minimum Gasteiger partial charge on any atom is -0.355 e. The number of aromatic nitrogens is 6. The monoisotopic (exact) mass is 335 g/mol. The molecular formula is C14H12F3N7. The highest BCUT2D eigenvalue weighted by molar-refractivity contribution is 5.47. The van der Waals surface area contributed by atoms with Crippen molar-refractivity contribution in [3.63, 3.8) is 0 Å². The number of hydrogen-bond acceptors (Lipinski definition) is 5. The SMILES string of the molecule is C#CCn1cc(CN(C)c2cc(C(F)(F)F)nc3ncnn23)cn1. The summed E-state index contributed by atoms with van der Waals surface area (Å²) in [5, 5.41) is 8.01. The van der Waals surface area contributed by atoms with Gasteiger partial charge in [-0.2, -0.15) is 32.9 Å². The van der Waals surface area contributed by atoms with Crippen molar-refractivity contribution in [2.75, 3.05) is 11.9 Å². The topological polar surface area (TPSA) is 64.1 Å². The number of terminal acetylenes is 1. The van der Waals surface area contributed by atoms with Crippen LogP contribution in [0.5, 0.6) is 0 Å². The van der Waals surface area contributed by atoms with Crippen LogP contribution in [-0.4, -0.2) is 36.4 Å². The summed E-state index contributed by atoms with van der Waals surface area (Å²) < 4.78 is 41.9. The van der Waals surface area contributed by atoms with Crippen LogP contribution in [0.15, 0.2) is 24.8 Å². The molecule has 0 saturated heterocycles. The highest BCUT2D eigenvalue weighted by atomic mass is 19.4. The zero-order valence-electron chi connectivity index (χ0n) is 12.6. The molecule has 0 aromatic carbocycles. The zero-order valence-corrected chi connectivity index (χ0v) is 12.6. The highest BCUT2D eigenvalue weighted by Gasteiger charge is 2.34. The van der Waals surface area contributed by atoms with Crippen molar-refractivity contribution in [1.82, 2.24) is 29.4 Å². The Morgan fingerprint density at radius 1 is 1.33 bits per heavy atom. The molecule has 0 saturated carbocycles. The van der Waals surface area contributed by atoms with Gasteiger partial charge < -0.3 is 4.90 Å². The molecule has 7 nitrogen and oxygen atoms in total. The fraction of sp³-hybridized carbons (Fsp3) is 0.286. The molecule has 10 heteroatoms. The summed E-state index contributed by atoms with van der Waals surface area (Å²) in [4.78, 5) is 8.84. The van der Waals surface area contributed by atoms with Crippen LogP contribution in [0.2, 0.25) is 0 Å². The molecule has 0 fully saturated rings. The molecule has 0 unspecified atom stereocenters. The van der Waals surface area contributed by atoms with Gasteiger partial charge in [0.15, 0.2) is 5.69 Å². The second kappa shape index (κ2) is 5.84. The summed E-state index contributed by atoms with van der Waals surface area (Å²) in [6, 6.07) is 0.938. The number of nitrogens with zero attached hydrogens (tertiary/aromatic N) is 7. The lowest BCUT2D eigenvalue weighted by Gasteiger charge is -2.20. The first-order valence-corrected chi connectivity index (χ1v) is 6.82. The summed E-state index contributed by atoms with van der Waals surface area (Å²) >= 11 is 0. The molecular weight excluding hydrogens is 323 g/mol. The van der Waals surface area contributed by atoms with E-state index in [0.29, 0.717) is 13.1 Å². The van der Waals surface area contributed by atoms with Gasteiger partial charge in [0.05, 0.1) is 6.20 Å². The van der Waals surface area contributed by atoms with Crippen LogP contribution >= 0.6 is 0 Å². The van der Waals surface area contributed by atoms with Gasteiger partial charge in [-0.1, -0.05) is 5.92 Å². The third-order valence-electron chi connectivity index (χ3n) is 3.27. The summed E-state index contributed by atoms with van der Waals surface area (Å²) in [5.74, 6) is 2.56. The molecule has 3 heterocycles. The number of rotatable bonds is 4. The molecule has 3 aromatic rings. The second-order valence-corrected chi connectivity index (χ2v) is 5.08. The third-order valence-corrected chi connectivity index (χ3v) is 3.27. The lowest BCUT2D eigenvalue weighted by atomic mass is 10.3. The lowest BCUT2D eigenvalue weighted by Crippen LogP contribution is -2.21. The maximum absolute atomic E-state index is 13.0. The standard InChI is InChI=1S/C14H12F3N7/c1-3-4-23-8-10(6-19-23)7-22(2)12-5-11(14(15,16)17)21-13-18-9-20-24(12)13/h1,5-6,8-9H,4,7H2,2H3. The van der Waals surface area contributed by atoms with Crippen molar-refractivity contribution < 1.29 is 13.2 Å². The van der Waals surface area contributed by atoms with Crippen molar-refractivity contribution in [1.29, 1.82) is 0 Å². The van der Waals surface area contributed by atoms with Crippen LogP contribution in [-0.2, 0) is 19.3 Å². The van der Waals surface area contributed by atoms with E-state index in [2.05, 4.69) is 26.1 Å². The molecule has 0 aliphatic rings. The predicted octanol–water partition coefficient (Wildman–Crippen LogP) is 1.61. The summed E-state index contributed by atoms with van der Waals surface area (Å²) in [6.07, 6.45) is 5.15. The first kappa shape index (κ1) is 15.8. The average Bonchev–Trinajstić information content (AvgIpc) is 3.14. The molecule has 0 N–H and O–H groups in total. The van der Waals surface area contributed by atoms with Crippen LogP contribution in [0, 0.1) is 12.3 Å². The van der Waals surface area contributed by atoms with E-state index in [4.69, 9.17) is 6.42 Å².